The van der Waals surface area contributed by atoms with Gasteiger partial charge < -0.3 is 20.5 Å². The number of nitrogens with zero attached hydrogens (tertiary/aromatic N) is 1. The van der Waals surface area contributed by atoms with Gasteiger partial charge in [-0.05, 0) is 18.8 Å². The first-order valence-electron chi connectivity index (χ1n) is 6.46. The van der Waals surface area contributed by atoms with Gasteiger partial charge in [0.25, 0.3) is 0 Å². The predicted molar refractivity (Wildman–Crippen MR) is 70.6 cm³/mol. The molecule has 3 N–H and O–H groups in total. The molecule has 0 aromatic carbocycles. The lowest BCUT2D eigenvalue weighted by Crippen LogP contribution is -2.47. The zero-order valence-corrected chi connectivity index (χ0v) is 11.4. The van der Waals surface area contributed by atoms with Crippen molar-refractivity contribution in [2.75, 3.05) is 26.3 Å². The quantitative estimate of drug-likeness (QED) is 0.770. The van der Waals surface area contributed by atoms with E-state index in [1.807, 2.05) is 0 Å². The Bertz CT molecular complexity index is 278. The van der Waals surface area contributed by atoms with Gasteiger partial charge in [-0.2, -0.15) is 0 Å². The molecule has 3 atom stereocenters. The van der Waals surface area contributed by atoms with Crippen molar-refractivity contribution in [3.05, 3.63) is 0 Å². The summed E-state index contributed by atoms with van der Waals surface area (Å²) in [5.41, 5.74) is 5.97. The van der Waals surface area contributed by atoms with Crippen molar-refractivity contribution < 1.29 is 14.6 Å². The summed E-state index contributed by atoms with van der Waals surface area (Å²) >= 11 is 0. The summed E-state index contributed by atoms with van der Waals surface area (Å²) in [7, 11) is 0. The Morgan fingerprint density at radius 3 is 2.83 bits per heavy atom. The number of morpholine rings is 1. The molecule has 6 heteroatoms. The number of carbonyl (C=O) groups is 1. The molecule has 2 fully saturated rings. The molecule has 2 rings (SSSR count). The summed E-state index contributed by atoms with van der Waals surface area (Å²) in [5.74, 6) is 0.507. The Labute approximate surface area is 114 Å². The highest BCUT2D eigenvalue weighted by atomic mass is 35.5. The van der Waals surface area contributed by atoms with E-state index < -0.39 is 0 Å². The fourth-order valence-corrected chi connectivity index (χ4v) is 2.73. The third kappa shape index (κ3) is 3.82. The number of rotatable bonds is 3. The molecule has 1 heterocycles. The van der Waals surface area contributed by atoms with Crippen LogP contribution in [-0.2, 0) is 9.53 Å². The monoisotopic (exact) mass is 278 g/mol. The standard InChI is InChI=1S/C12H22N2O3.ClH/c13-11-3-1-2-9(11)6-12(16)14-4-5-17-10(7-14)8-15;/h9-11,15H,1-8,13H2;1H/t9-,10?,11+;/m0./s1. The van der Waals surface area contributed by atoms with Crippen LogP contribution in [0.3, 0.4) is 0 Å². The number of hydrogen-bond acceptors (Lipinski definition) is 4. The van der Waals surface area contributed by atoms with E-state index in [-0.39, 0.29) is 37.1 Å². The van der Waals surface area contributed by atoms with Gasteiger partial charge in [0, 0.05) is 25.6 Å². The highest BCUT2D eigenvalue weighted by molar-refractivity contribution is 5.85. The van der Waals surface area contributed by atoms with E-state index in [2.05, 4.69) is 0 Å². The Kier molecular flexibility index (Phi) is 6.35. The van der Waals surface area contributed by atoms with Crippen LogP contribution in [-0.4, -0.2) is 54.4 Å². The molecule has 1 saturated carbocycles. The van der Waals surface area contributed by atoms with Gasteiger partial charge in [0.1, 0.15) is 0 Å². The van der Waals surface area contributed by atoms with E-state index in [0.717, 1.165) is 19.3 Å². The van der Waals surface area contributed by atoms with Crippen LogP contribution in [0.1, 0.15) is 25.7 Å². The van der Waals surface area contributed by atoms with Crippen molar-refractivity contribution in [3.8, 4) is 0 Å². The average molecular weight is 279 g/mol. The van der Waals surface area contributed by atoms with Crippen LogP contribution in [0.15, 0.2) is 0 Å². The highest BCUT2D eigenvalue weighted by Gasteiger charge is 2.30. The average Bonchev–Trinajstić information content (AvgIpc) is 2.75. The SMILES string of the molecule is Cl.N[C@@H]1CCC[C@H]1CC(=O)N1CCOC(CO)C1. The fraction of sp³-hybridized carbons (Fsp3) is 0.917. The first kappa shape index (κ1) is 15.7. The van der Waals surface area contributed by atoms with Crippen LogP contribution in [0, 0.1) is 5.92 Å². The number of ether oxygens (including phenoxy) is 1. The van der Waals surface area contributed by atoms with E-state index in [1.54, 1.807) is 4.90 Å². The van der Waals surface area contributed by atoms with Crippen molar-refractivity contribution in [1.82, 2.24) is 4.90 Å². The number of aliphatic hydroxyl groups is 1. The molecular formula is C12H23ClN2O3. The second-order valence-corrected chi connectivity index (χ2v) is 5.07. The summed E-state index contributed by atoms with van der Waals surface area (Å²) in [6.07, 6.45) is 3.59. The molecule has 0 bridgehead atoms. The molecule has 1 unspecified atom stereocenters. The number of halogens is 1. The first-order valence-corrected chi connectivity index (χ1v) is 6.46. The van der Waals surface area contributed by atoms with Crippen LogP contribution >= 0.6 is 12.4 Å². The topological polar surface area (TPSA) is 75.8 Å². The van der Waals surface area contributed by atoms with E-state index in [9.17, 15) is 4.79 Å². The maximum atomic E-state index is 12.1. The first-order chi connectivity index (χ1) is 8.20. The minimum atomic E-state index is -0.218. The molecule has 18 heavy (non-hydrogen) atoms. The summed E-state index contributed by atoms with van der Waals surface area (Å²) < 4.78 is 5.33. The maximum Gasteiger partial charge on any atom is 0.223 e. The van der Waals surface area contributed by atoms with Gasteiger partial charge in [-0.3, -0.25) is 4.79 Å². The molecule has 2 aliphatic rings. The van der Waals surface area contributed by atoms with Gasteiger partial charge in [-0.15, -0.1) is 12.4 Å². The fourth-order valence-electron chi connectivity index (χ4n) is 2.73. The van der Waals surface area contributed by atoms with Crippen LogP contribution in [0.25, 0.3) is 0 Å². The highest BCUT2D eigenvalue weighted by Crippen LogP contribution is 2.27. The van der Waals surface area contributed by atoms with Crippen LogP contribution < -0.4 is 5.73 Å². The summed E-state index contributed by atoms with van der Waals surface area (Å²) in [6, 6.07) is 0.189. The summed E-state index contributed by atoms with van der Waals surface area (Å²) in [6.45, 7) is 1.65. The molecule has 1 aliphatic carbocycles. The number of aliphatic hydroxyl groups excluding tert-OH is 1. The molecule has 1 aliphatic heterocycles. The largest absolute Gasteiger partial charge is 0.394 e. The molecule has 0 aromatic heterocycles. The molecule has 0 spiro atoms. The zero-order chi connectivity index (χ0) is 12.3. The lowest BCUT2D eigenvalue weighted by molar-refractivity contribution is -0.141. The summed E-state index contributed by atoms with van der Waals surface area (Å²) in [4.78, 5) is 13.9. The third-order valence-corrected chi connectivity index (χ3v) is 3.85. The molecule has 0 radical (unpaired) electrons. The predicted octanol–water partition coefficient (Wildman–Crippen LogP) is 0.145. The van der Waals surface area contributed by atoms with Crippen LogP contribution in [0.5, 0.6) is 0 Å². The second-order valence-electron chi connectivity index (χ2n) is 5.07. The molecule has 1 amide bonds. The van der Waals surface area contributed by atoms with Gasteiger partial charge in [0.05, 0.1) is 19.3 Å². The molecule has 106 valence electrons. The van der Waals surface area contributed by atoms with Gasteiger partial charge in [-0.1, -0.05) is 6.42 Å². The van der Waals surface area contributed by atoms with E-state index >= 15 is 0 Å². The lowest BCUT2D eigenvalue weighted by Gasteiger charge is -2.33. The van der Waals surface area contributed by atoms with E-state index in [0.29, 0.717) is 32.0 Å². The van der Waals surface area contributed by atoms with Crippen molar-refractivity contribution in [2.45, 2.75) is 37.8 Å². The number of amides is 1. The van der Waals surface area contributed by atoms with Gasteiger partial charge >= 0.3 is 0 Å². The van der Waals surface area contributed by atoms with E-state index in [1.165, 1.54) is 0 Å². The molecule has 1 saturated heterocycles. The molecule has 5 nitrogen and oxygen atoms in total. The zero-order valence-electron chi connectivity index (χ0n) is 10.6. The number of hydrogen-bond donors (Lipinski definition) is 2. The lowest BCUT2D eigenvalue weighted by atomic mass is 9.99. The number of nitrogens with two attached hydrogens (primary N) is 1. The smallest absolute Gasteiger partial charge is 0.223 e. The molecule has 0 aromatic rings. The van der Waals surface area contributed by atoms with Crippen molar-refractivity contribution in [2.24, 2.45) is 11.7 Å². The van der Waals surface area contributed by atoms with Gasteiger partial charge in [-0.25, -0.2) is 0 Å². The Morgan fingerprint density at radius 2 is 2.22 bits per heavy atom. The Balaban J connectivity index is 0.00000162. The minimum absolute atomic E-state index is 0. The Morgan fingerprint density at radius 1 is 1.44 bits per heavy atom. The van der Waals surface area contributed by atoms with Crippen LogP contribution in [0.2, 0.25) is 0 Å². The normalized spacial score (nSPS) is 32.1. The minimum Gasteiger partial charge on any atom is -0.394 e. The van der Waals surface area contributed by atoms with E-state index in [4.69, 9.17) is 15.6 Å². The Hall–Kier alpha value is -0.360. The molecular weight excluding hydrogens is 256 g/mol. The van der Waals surface area contributed by atoms with Crippen molar-refractivity contribution in [3.63, 3.8) is 0 Å². The van der Waals surface area contributed by atoms with Crippen molar-refractivity contribution >= 4 is 18.3 Å². The summed E-state index contributed by atoms with van der Waals surface area (Å²) in [5, 5.41) is 9.03. The second kappa shape index (κ2) is 7.28. The van der Waals surface area contributed by atoms with Crippen LogP contribution in [0.4, 0.5) is 0 Å². The maximum absolute atomic E-state index is 12.1. The number of carbonyl (C=O) groups excluding carboxylic acids is 1. The van der Waals surface area contributed by atoms with Gasteiger partial charge in [0.15, 0.2) is 0 Å². The van der Waals surface area contributed by atoms with Gasteiger partial charge in [0.2, 0.25) is 5.91 Å². The van der Waals surface area contributed by atoms with Crippen molar-refractivity contribution in [1.29, 1.82) is 0 Å². The third-order valence-electron chi connectivity index (χ3n) is 3.85.